The molecular weight excluding hydrogens is 298 g/mol. The normalized spacial score (nSPS) is 30.6. The highest BCUT2D eigenvalue weighted by Crippen LogP contribution is 2.64. The van der Waals surface area contributed by atoms with Crippen LogP contribution in [0.15, 0.2) is 23.2 Å². The van der Waals surface area contributed by atoms with Crippen molar-refractivity contribution >= 4 is 11.6 Å². The van der Waals surface area contributed by atoms with Gasteiger partial charge in [0.2, 0.25) is 0 Å². The van der Waals surface area contributed by atoms with Crippen molar-refractivity contribution in [2.45, 2.75) is 64.5 Å². The van der Waals surface area contributed by atoms with Crippen molar-refractivity contribution in [2.24, 2.45) is 22.1 Å². The summed E-state index contributed by atoms with van der Waals surface area (Å²) in [7, 11) is 0. The number of aryl methyl sites for hydroxylation is 2. The first-order valence-corrected chi connectivity index (χ1v) is 9.52. The standard InChI is InChI=1S/C20H29N3O/c1-3-13-7-5-8-14(4-2)16(13)22-19(21)23-17-15-9-12-24-18(15)20(17)10-6-11-20/h5,7-8,15,17-18H,3-4,6,9-12H2,1-2H3,(H3,21,22,23). The Bertz CT molecular complexity index is 628. The molecule has 130 valence electrons. The molecule has 24 heavy (non-hydrogen) atoms. The maximum atomic E-state index is 6.34. The lowest BCUT2D eigenvalue weighted by Crippen LogP contribution is -2.65. The van der Waals surface area contributed by atoms with E-state index in [-0.39, 0.29) is 0 Å². The third-order valence-corrected chi connectivity index (χ3v) is 6.51. The lowest BCUT2D eigenvalue weighted by atomic mass is 9.46. The van der Waals surface area contributed by atoms with Gasteiger partial charge in [-0.15, -0.1) is 0 Å². The predicted molar refractivity (Wildman–Crippen MR) is 98.4 cm³/mol. The van der Waals surface area contributed by atoms with Crippen LogP contribution < -0.4 is 11.1 Å². The van der Waals surface area contributed by atoms with Crippen LogP contribution in [0, 0.1) is 11.3 Å². The number of nitrogens with two attached hydrogens (primary N) is 1. The zero-order valence-electron chi connectivity index (χ0n) is 14.8. The lowest BCUT2D eigenvalue weighted by Gasteiger charge is -2.61. The van der Waals surface area contributed by atoms with Gasteiger partial charge in [0, 0.05) is 23.6 Å². The lowest BCUT2D eigenvalue weighted by molar-refractivity contribution is -0.164. The van der Waals surface area contributed by atoms with E-state index in [0.717, 1.165) is 31.6 Å². The monoisotopic (exact) mass is 327 g/mol. The Balaban J connectivity index is 1.56. The molecular formula is C20H29N3O. The third kappa shape index (κ3) is 2.26. The topological polar surface area (TPSA) is 59.6 Å². The fraction of sp³-hybridized carbons (Fsp3) is 0.650. The molecule has 3 aliphatic rings. The average Bonchev–Trinajstić information content (AvgIpc) is 2.96. The van der Waals surface area contributed by atoms with Gasteiger partial charge >= 0.3 is 0 Å². The summed E-state index contributed by atoms with van der Waals surface area (Å²) in [5, 5.41) is 3.43. The summed E-state index contributed by atoms with van der Waals surface area (Å²) in [5.41, 5.74) is 10.4. The van der Waals surface area contributed by atoms with E-state index < -0.39 is 0 Å². The Labute approximate surface area is 144 Å². The van der Waals surface area contributed by atoms with Gasteiger partial charge in [-0.3, -0.25) is 0 Å². The number of benzene rings is 1. The van der Waals surface area contributed by atoms with Crippen LogP contribution in [0.5, 0.6) is 0 Å². The SMILES string of the molecule is CCc1cccc(CC)c1NC(N)=NC1C2CCOC2C12CCC2. The average molecular weight is 327 g/mol. The molecule has 2 aliphatic carbocycles. The number of anilines is 1. The van der Waals surface area contributed by atoms with Crippen LogP contribution in [0.3, 0.4) is 0 Å². The molecule has 3 atom stereocenters. The smallest absolute Gasteiger partial charge is 0.193 e. The molecule has 4 rings (SSSR count). The summed E-state index contributed by atoms with van der Waals surface area (Å²) in [5.74, 6) is 1.16. The molecule has 1 aliphatic heterocycles. The van der Waals surface area contributed by atoms with Crippen LogP contribution in [0.4, 0.5) is 5.69 Å². The number of guanidine groups is 1. The number of nitrogens with zero attached hydrogens (tertiary/aromatic N) is 1. The van der Waals surface area contributed by atoms with Crippen molar-refractivity contribution in [3.05, 3.63) is 29.3 Å². The fourth-order valence-electron chi connectivity index (χ4n) is 5.10. The Morgan fingerprint density at radius 3 is 2.58 bits per heavy atom. The molecule has 0 amide bonds. The van der Waals surface area contributed by atoms with Gasteiger partial charge in [0.25, 0.3) is 0 Å². The highest BCUT2D eigenvalue weighted by molar-refractivity contribution is 5.94. The second-order valence-corrected chi connectivity index (χ2v) is 7.57. The van der Waals surface area contributed by atoms with E-state index in [4.69, 9.17) is 15.5 Å². The summed E-state index contributed by atoms with van der Waals surface area (Å²) in [4.78, 5) is 4.95. The molecule has 3 N–H and O–H groups in total. The van der Waals surface area contributed by atoms with Crippen molar-refractivity contribution < 1.29 is 4.74 Å². The Hall–Kier alpha value is -1.55. The number of hydrogen-bond donors (Lipinski definition) is 2. The minimum absolute atomic E-state index is 0.297. The van der Waals surface area contributed by atoms with Crippen molar-refractivity contribution in [2.75, 3.05) is 11.9 Å². The fourth-order valence-corrected chi connectivity index (χ4v) is 5.10. The van der Waals surface area contributed by atoms with Gasteiger partial charge in [0.05, 0.1) is 12.1 Å². The van der Waals surface area contributed by atoms with Crippen molar-refractivity contribution in [1.29, 1.82) is 0 Å². The molecule has 1 saturated heterocycles. The van der Waals surface area contributed by atoms with E-state index in [1.165, 1.54) is 30.4 Å². The summed E-state index contributed by atoms with van der Waals surface area (Å²) < 4.78 is 5.98. The Morgan fingerprint density at radius 2 is 2.00 bits per heavy atom. The minimum Gasteiger partial charge on any atom is -0.377 e. The largest absolute Gasteiger partial charge is 0.377 e. The molecule has 3 unspecified atom stereocenters. The molecule has 4 heteroatoms. The summed E-state index contributed by atoms with van der Waals surface area (Å²) >= 11 is 0. The molecule has 1 spiro atoms. The van der Waals surface area contributed by atoms with Crippen LogP contribution in [-0.2, 0) is 17.6 Å². The highest BCUT2D eigenvalue weighted by atomic mass is 16.5. The number of nitrogens with one attached hydrogen (secondary N) is 1. The second-order valence-electron chi connectivity index (χ2n) is 7.57. The van der Waals surface area contributed by atoms with Gasteiger partial charge in [-0.1, -0.05) is 38.5 Å². The van der Waals surface area contributed by atoms with Crippen LogP contribution in [-0.4, -0.2) is 24.7 Å². The van der Waals surface area contributed by atoms with Crippen molar-refractivity contribution in [3.63, 3.8) is 0 Å². The Kier molecular flexibility index (Phi) is 4.03. The molecule has 1 aromatic carbocycles. The van der Waals surface area contributed by atoms with Gasteiger partial charge in [-0.25, -0.2) is 4.99 Å². The Morgan fingerprint density at radius 1 is 1.29 bits per heavy atom. The van der Waals surface area contributed by atoms with Crippen LogP contribution in [0.2, 0.25) is 0 Å². The van der Waals surface area contributed by atoms with Gasteiger partial charge in [0.1, 0.15) is 0 Å². The van der Waals surface area contributed by atoms with Gasteiger partial charge in [0.15, 0.2) is 5.96 Å². The number of hydrogen-bond acceptors (Lipinski definition) is 2. The zero-order chi connectivity index (χ0) is 16.7. The number of para-hydroxylation sites is 1. The predicted octanol–water partition coefficient (Wildman–Crippen LogP) is 3.50. The molecule has 0 bridgehead atoms. The quantitative estimate of drug-likeness (QED) is 0.657. The molecule has 0 radical (unpaired) electrons. The second kappa shape index (κ2) is 6.07. The molecule has 1 heterocycles. The summed E-state index contributed by atoms with van der Waals surface area (Å²) in [6, 6.07) is 6.83. The summed E-state index contributed by atoms with van der Waals surface area (Å²) in [6.45, 7) is 5.27. The van der Waals surface area contributed by atoms with Crippen LogP contribution in [0.1, 0.15) is 50.7 Å². The van der Waals surface area contributed by atoms with Gasteiger partial charge in [-0.05, 0) is 43.2 Å². The number of ether oxygens (including phenoxy) is 1. The van der Waals surface area contributed by atoms with Crippen molar-refractivity contribution in [3.8, 4) is 0 Å². The maximum Gasteiger partial charge on any atom is 0.193 e. The highest BCUT2D eigenvalue weighted by Gasteiger charge is 2.66. The molecule has 3 fully saturated rings. The third-order valence-electron chi connectivity index (χ3n) is 6.51. The van der Waals surface area contributed by atoms with E-state index in [9.17, 15) is 0 Å². The summed E-state index contributed by atoms with van der Waals surface area (Å²) in [6.07, 6.45) is 7.39. The van der Waals surface area contributed by atoms with Crippen LogP contribution >= 0.6 is 0 Å². The zero-order valence-corrected chi connectivity index (χ0v) is 14.8. The van der Waals surface area contributed by atoms with Crippen molar-refractivity contribution in [1.82, 2.24) is 0 Å². The van der Waals surface area contributed by atoms with E-state index in [0.29, 0.717) is 29.4 Å². The van der Waals surface area contributed by atoms with Gasteiger partial charge < -0.3 is 15.8 Å². The molecule has 4 nitrogen and oxygen atoms in total. The first-order valence-electron chi connectivity index (χ1n) is 9.52. The van der Waals surface area contributed by atoms with Gasteiger partial charge in [-0.2, -0.15) is 0 Å². The molecule has 0 aromatic heterocycles. The van der Waals surface area contributed by atoms with E-state index in [1.54, 1.807) is 0 Å². The van der Waals surface area contributed by atoms with E-state index in [1.807, 2.05) is 0 Å². The van der Waals surface area contributed by atoms with E-state index in [2.05, 4.69) is 37.4 Å². The minimum atomic E-state index is 0.297. The maximum absolute atomic E-state index is 6.34. The first kappa shape index (κ1) is 15.9. The number of rotatable bonds is 4. The molecule has 2 saturated carbocycles. The van der Waals surface area contributed by atoms with E-state index >= 15 is 0 Å². The molecule has 1 aromatic rings. The first-order chi connectivity index (χ1) is 11.7. The number of aliphatic imine (C=N–C) groups is 1. The van der Waals surface area contributed by atoms with Crippen LogP contribution in [0.25, 0.3) is 0 Å². The number of fused-ring (bicyclic) bond motifs is 2.